The van der Waals surface area contributed by atoms with Gasteiger partial charge in [0.1, 0.15) is 0 Å². The highest BCUT2D eigenvalue weighted by Crippen LogP contribution is 2.28. The molecule has 1 heterocycles. The fourth-order valence-electron chi connectivity index (χ4n) is 1.87. The predicted octanol–water partition coefficient (Wildman–Crippen LogP) is 2.63. The molecule has 4 heteroatoms. The van der Waals surface area contributed by atoms with E-state index in [0.29, 0.717) is 11.6 Å². The van der Waals surface area contributed by atoms with Gasteiger partial charge in [-0.15, -0.1) is 0 Å². The van der Waals surface area contributed by atoms with E-state index in [9.17, 15) is 9.18 Å². The van der Waals surface area contributed by atoms with Crippen molar-refractivity contribution in [3.8, 4) is 0 Å². The largest absolute Gasteiger partial charge is 0.336 e. The third kappa shape index (κ3) is 3.02. The molecule has 1 aromatic heterocycles. The number of nitrogens with zero attached hydrogens (tertiary/aromatic N) is 2. The van der Waals surface area contributed by atoms with Gasteiger partial charge in [-0.3, -0.25) is 4.79 Å². The van der Waals surface area contributed by atoms with Gasteiger partial charge in [0.05, 0.1) is 0 Å². The zero-order valence-corrected chi connectivity index (χ0v) is 10.0. The molecule has 0 bridgehead atoms. The first-order chi connectivity index (χ1) is 8.22. The van der Waals surface area contributed by atoms with Crippen molar-refractivity contribution in [3.63, 3.8) is 0 Å². The molecule has 0 atom stereocenters. The van der Waals surface area contributed by atoms with Crippen LogP contribution in [0.1, 0.15) is 43.0 Å². The molecule has 1 aliphatic carbocycles. The Kier molecular flexibility index (Phi) is 3.71. The summed E-state index contributed by atoms with van der Waals surface area (Å²) in [6.07, 6.45) is 5.54. The number of rotatable bonds is 5. The lowest BCUT2D eigenvalue weighted by Crippen LogP contribution is -2.34. The summed E-state index contributed by atoms with van der Waals surface area (Å²) < 4.78 is 13.0. The van der Waals surface area contributed by atoms with Crippen molar-refractivity contribution in [3.05, 3.63) is 29.8 Å². The van der Waals surface area contributed by atoms with E-state index in [1.54, 1.807) is 6.07 Å². The van der Waals surface area contributed by atoms with E-state index in [4.69, 9.17) is 0 Å². The Hall–Kier alpha value is -1.45. The molecule has 17 heavy (non-hydrogen) atoms. The van der Waals surface area contributed by atoms with Crippen molar-refractivity contribution in [1.29, 1.82) is 0 Å². The molecule has 3 nitrogen and oxygen atoms in total. The molecule has 1 aliphatic rings. The van der Waals surface area contributed by atoms with Gasteiger partial charge in [0.25, 0.3) is 5.91 Å². The first-order valence-corrected chi connectivity index (χ1v) is 6.15. The van der Waals surface area contributed by atoms with E-state index >= 15 is 0 Å². The fraction of sp³-hybridized carbons (Fsp3) is 0.538. The molecule has 1 fully saturated rings. The minimum absolute atomic E-state index is 0.0674. The summed E-state index contributed by atoms with van der Waals surface area (Å²) in [4.78, 5) is 17.6. The summed E-state index contributed by atoms with van der Waals surface area (Å²) in [6.45, 7) is 2.87. The van der Waals surface area contributed by atoms with Gasteiger partial charge in [0, 0.05) is 30.4 Å². The number of pyridine rings is 1. The van der Waals surface area contributed by atoms with Crippen LogP contribution in [0.4, 0.5) is 4.39 Å². The lowest BCUT2D eigenvalue weighted by Gasteiger charge is -2.22. The van der Waals surface area contributed by atoms with Crippen LogP contribution in [0.5, 0.6) is 0 Å². The highest BCUT2D eigenvalue weighted by Gasteiger charge is 2.32. The van der Waals surface area contributed by atoms with Crippen LogP contribution >= 0.6 is 0 Å². The molecule has 2 rings (SSSR count). The molecule has 0 aromatic carbocycles. The van der Waals surface area contributed by atoms with Gasteiger partial charge < -0.3 is 4.90 Å². The van der Waals surface area contributed by atoms with Crippen molar-refractivity contribution in [2.75, 3.05) is 6.54 Å². The smallest absolute Gasteiger partial charge is 0.254 e. The fourth-order valence-corrected chi connectivity index (χ4v) is 1.87. The lowest BCUT2D eigenvalue weighted by molar-refractivity contribution is 0.0740. The van der Waals surface area contributed by atoms with E-state index in [-0.39, 0.29) is 5.91 Å². The van der Waals surface area contributed by atoms with Gasteiger partial charge >= 0.3 is 0 Å². The third-order valence-corrected chi connectivity index (χ3v) is 2.97. The number of carbonyl (C=O) groups excluding carboxylic acids is 1. The maximum absolute atomic E-state index is 13.0. The van der Waals surface area contributed by atoms with Crippen LogP contribution in [0.2, 0.25) is 0 Å². The zero-order valence-electron chi connectivity index (χ0n) is 10.0. The van der Waals surface area contributed by atoms with Crippen LogP contribution in [-0.4, -0.2) is 28.4 Å². The van der Waals surface area contributed by atoms with Crippen LogP contribution in [0.25, 0.3) is 0 Å². The van der Waals surface area contributed by atoms with Gasteiger partial charge in [-0.25, -0.2) is 4.98 Å². The Morgan fingerprint density at radius 1 is 1.59 bits per heavy atom. The van der Waals surface area contributed by atoms with Crippen LogP contribution in [-0.2, 0) is 0 Å². The topological polar surface area (TPSA) is 33.2 Å². The van der Waals surface area contributed by atoms with Gasteiger partial charge in [-0.2, -0.15) is 4.39 Å². The molecule has 0 radical (unpaired) electrons. The standard InChI is InChI=1S/C13H17FN2O/c1-2-3-8-16(11-4-5-11)13(17)10-6-7-15-12(14)9-10/h6-7,9,11H,2-5,8H2,1H3. The van der Waals surface area contributed by atoms with E-state index in [1.807, 2.05) is 4.90 Å². The van der Waals surface area contributed by atoms with Crippen LogP contribution in [0.3, 0.4) is 0 Å². The zero-order chi connectivity index (χ0) is 12.3. The SMILES string of the molecule is CCCCN(C(=O)c1ccnc(F)c1)C1CC1. The molecular formula is C13H17FN2O. The van der Waals surface area contributed by atoms with Crippen molar-refractivity contribution in [1.82, 2.24) is 9.88 Å². The molecule has 0 aliphatic heterocycles. The molecule has 0 spiro atoms. The van der Waals surface area contributed by atoms with Crippen LogP contribution in [0, 0.1) is 5.95 Å². The van der Waals surface area contributed by atoms with Crippen molar-refractivity contribution >= 4 is 5.91 Å². The summed E-state index contributed by atoms with van der Waals surface area (Å²) in [5.74, 6) is -0.663. The summed E-state index contributed by atoms with van der Waals surface area (Å²) in [5.41, 5.74) is 0.403. The molecule has 92 valence electrons. The average Bonchev–Trinajstić information content (AvgIpc) is 3.14. The molecule has 0 N–H and O–H groups in total. The molecule has 1 saturated carbocycles. The second-order valence-corrected chi connectivity index (χ2v) is 4.45. The Morgan fingerprint density at radius 3 is 2.94 bits per heavy atom. The number of amides is 1. The van der Waals surface area contributed by atoms with Crippen LogP contribution < -0.4 is 0 Å². The molecule has 1 amide bonds. The molecule has 1 aromatic rings. The number of unbranched alkanes of at least 4 members (excludes halogenated alkanes) is 1. The van der Waals surface area contributed by atoms with Gasteiger partial charge in [-0.05, 0) is 25.3 Å². The summed E-state index contributed by atoms with van der Waals surface area (Å²) in [6, 6.07) is 3.15. The van der Waals surface area contributed by atoms with Gasteiger partial charge in [0.15, 0.2) is 0 Å². The monoisotopic (exact) mass is 236 g/mol. The lowest BCUT2D eigenvalue weighted by atomic mass is 10.2. The molecular weight excluding hydrogens is 219 g/mol. The van der Waals surface area contributed by atoms with E-state index < -0.39 is 5.95 Å². The first kappa shape index (κ1) is 12.0. The average molecular weight is 236 g/mol. The van der Waals surface area contributed by atoms with Crippen molar-refractivity contribution in [2.24, 2.45) is 0 Å². The number of hydrogen-bond acceptors (Lipinski definition) is 2. The van der Waals surface area contributed by atoms with Crippen molar-refractivity contribution < 1.29 is 9.18 Å². The van der Waals surface area contributed by atoms with Gasteiger partial charge in [0.2, 0.25) is 5.95 Å². The number of hydrogen-bond donors (Lipinski definition) is 0. The highest BCUT2D eigenvalue weighted by atomic mass is 19.1. The Labute approximate surface area is 101 Å². The Balaban J connectivity index is 2.10. The second kappa shape index (κ2) is 5.25. The van der Waals surface area contributed by atoms with E-state index in [2.05, 4.69) is 11.9 Å². The summed E-state index contributed by atoms with van der Waals surface area (Å²) in [7, 11) is 0. The summed E-state index contributed by atoms with van der Waals surface area (Å²) in [5, 5.41) is 0. The Morgan fingerprint density at radius 2 is 2.35 bits per heavy atom. The van der Waals surface area contributed by atoms with E-state index in [0.717, 1.165) is 32.2 Å². The number of halogens is 1. The molecule has 0 saturated heterocycles. The quantitative estimate of drug-likeness (QED) is 0.736. The maximum atomic E-state index is 13.0. The van der Waals surface area contributed by atoms with Crippen molar-refractivity contribution in [2.45, 2.75) is 38.6 Å². The predicted molar refractivity (Wildman–Crippen MR) is 63.2 cm³/mol. The molecule has 0 unspecified atom stereocenters. The van der Waals surface area contributed by atoms with E-state index in [1.165, 1.54) is 12.3 Å². The highest BCUT2D eigenvalue weighted by molar-refractivity contribution is 5.94. The minimum atomic E-state index is -0.595. The number of aromatic nitrogens is 1. The third-order valence-electron chi connectivity index (χ3n) is 2.97. The van der Waals surface area contributed by atoms with Crippen LogP contribution in [0.15, 0.2) is 18.3 Å². The van der Waals surface area contributed by atoms with Gasteiger partial charge in [-0.1, -0.05) is 13.3 Å². The minimum Gasteiger partial charge on any atom is -0.336 e. The summed E-state index contributed by atoms with van der Waals surface area (Å²) >= 11 is 0. The number of carbonyl (C=O) groups is 1. The maximum Gasteiger partial charge on any atom is 0.254 e. The normalized spacial score (nSPS) is 14.7. The second-order valence-electron chi connectivity index (χ2n) is 4.45. The first-order valence-electron chi connectivity index (χ1n) is 6.15. The Bertz CT molecular complexity index is 404.